The van der Waals surface area contributed by atoms with Crippen LogP contribution in [0.1, 0.15) is 27.2 Å². The molecule has 2 heterocycles. The maximum atomic E-state index is 10.8. The van der Waals surface area contributed by atoms with Crippen LogP contribution in [0, 0.1) is 0 Å². The van der Waals surface area contributed by atoms with Gasteiger partial charge in [0.1, 0.15) is 11.9 Å². The second-order valence-electron chi connectivity index (χ2n) is 3.51. The fourth-order valence-electron chi connectivity index (χ4n) is 1.40. The number of hydrogen-bond donors (Lipinski definition) is 1. The second kappa shape index (κ2) is 7.60. The first kappa shape index (κ1) is 14.4. The lowest BCUT2D eigenvalue weighted by atomic mass is 10.3. The van der Waals surface area contributed by atoms with Crippen LogP contribution >= 0.6 is 0 Å². The molecule has 0 radical (unpaired) electrons. The number of hydrogen-bond acceptors (Lipinski definition) is 5. The number of nitrogens with one attached hydrogen (secondary N) is 1. The van der Waals surface area contributed by atoms with Crippen molar-refractivity contribution in [2.75, 3.05) is 18.5 Å². The van der Waals surface area contributed by atoms with Gasteiger partial charge in [0.2, 0.25) is 5.91 Å². The first-order chi connectivity index (χ1) is 8.74. The molecule has 1 fully saturated rings. The fraction of sp³-hybridized carbons (Fsp3) is 0.583. The van der Waals surface area contributed by atoms with E-state index in [0.29, 0.717) is 19.0 Å². The van der Waals surface area contributed by atoms with Gasteiger partial charge >= 0.3 is 6.01 Å². The molecule has 1 atom stereocenters. The van der Waals surface area contributed by atoms with Crippen molar-refractivity contribution in [1.29, 1.82) is 0 Å². The fourth-order valence-corrected chi connectivity index (χ4v) is 1.40. The first-order valence-corrected chi connectivity index (χ1v) is 6.09. The third-order valence-electron chi connectivity index (χ3n) is 2.10. The van der Waals surface area contributed by atoms with Crippen molar-refractivity contribution in [3.63, 3.8) is 0 Å². The Balaban J connectivity index is 0.000000771. The van der Waals surface area contributed by atoms with E-state index in [0.717, 1.165) is 6.42 Å². The van der Waals surface area contributed by atoms with E-state index in [1.807, 2.05) is 13.8 Å². The van der Waals surface area contributed by atoms with Gasteiger partial charge in [-0.15, -0.1) is 0 Å². The van der Waals surface area contributed by atoms with E-state index < -0.39 is 0 Å². The lowest BCUT2D eigenvalue weighted by Crippen LogP contribution is -2.18. The molecule has 1 aliphatic rings. The Morgan fingerprint density at radius 2 is 2.33 bits per heavy atom. The lowest BCUT2D eigenvalue weighted by Gasteiger charge is -2.10. The Labute approximate surface area is 107 Å². The van der Waals surface area contributed by atoms with Crippen molar-refractivity contribution in [2.45, 2.75) is 33.3 Å². The Kier molecular flexibility index (Phi) is 6.07. The normalized spacial score (nSPS) is 17.6. The van der Waals surface area contributed by atoms with Crippen molar-refractivity contribution < 1.29 is 14.3 Å². The molecule has 0 bridgehead atoms. The number of carbonyl (C=O) groups is 1. The minimum absolute atomic E-state index is 0.00702. The molecule has 1 aromatic rings. The molecule has 18 heavy (non-hydrogen) atoms. The van der Waals surface area contributed by atoms with Crippen LogP contribution < -0.4 is 10.1 Å². The molecule has 6 heteroatoms. The summed E-state index contributed by atoms with van der Waals surface area (Å²) in [6, 6.07) is 1.88. The zero-order valence-corrected chi connectivity index (χ0v) is 11.0. The Bertz CT molecular complexity index is 379. The van der Waals surface area contributed by atoms with Gasteiger partial charge in [-0.25, -0.2) is 4.98 Å². The van der Waals surface area contributed by atoms with Gasteiger partial charge in [-0.2, -0.15) is 4.98 Å². The van der Waals surface area contributed by atoms with Crippen molar-refractivity contribution in [3.8, 4) is 6.01 Å². The van der Waals surface area contributed by atoms with E-state index in [2.05, 4.69) is 15.3 Å². The molecule has 6 nitrogen and oxygen atoms in total. The van der Waals surface area contributed by atoms with E-state index in [1.165, 1.54) is 6.92 Å². The van der Waals surface area contributed by atoms with Crippen LogP contribution in [0.5, 0.6) is 6.01 Å². The smallest absolute Gasteiger partial charge is 0.318 e. The molecule has 0 spiro atoms. The molecule has 1 N–H and O–H groups in total. The van der Waals surface area contributed by atoms with E-state index in [-0.39, 0.29) is 18.0 Å². The largest absolute Gasteiger partial charge is 0.458 e. The van der Waals surface area contributed by atoms with Gasteiger partial charge in [0.25, 0.3) is 0 Å². The molecular weight excluding hydrogens is 234 g/mol. The number of anilines is 1. The minimum atomic E-state index is -0.172. The predicted octanol–water partition coefficient (Wildman–Crippen LogP) is 1.63. The average Bonchev–Trinajstić information content (AvgIpc) is 2.84. The second-order valence-corrected chi connectivity index (χ2v) is 3.51. The van der Waals surface area contributed by atoms with Gasteiger partial charge in [-0.3, -0.25) is 4.79 Å². The third-order valence-corrected chi connectivity index (χ3v) is 2.10. The average molecular weight is 253 g/mol. The Hall–Kier alpha value is -1.69. The minimum Gasteiger partial charge on any atom is -0.458 e. The summed E-state index contributed by atoms with van der Waals surface area (Å²) < 4.78 is 10.7. The highest BCUT2D eigenvalue weighted by Crippen LogP contribution is 2.13. The van der Waals surface area contributed by atoms with E-state index in [1.54, 1.807) is 12.3 Å². The van der Waals surface area contributed by atoms with Crippen LogP contribution in [0.4, 0.5) is 5.82 Å². The number of aromatic nitrogens is 2. The van der Waals surface area contributed by atoms with Gasteiger partial charge in [0.15, 0.2) is 0 Å². The van der Waals surface area contributed by atoms with Crippen LogP contribution in [0.15, 0.2) is 12.3 Å². The predicted molar refractivity (Wildman–Crippen MR) is 67.5 cm³/mol. The highest BCUT2D eigenvalue weighted by Gasteiger charge is 2.18. The van der Waals surface area contributed by atoms with Crippen LogP contribution in [-0.2, 0) is 9.53 Å². The standard InChI is InChI=1S/C10H13N3O3.C2H6/c1-7(14)12-9-2-4-11-10(13-9)16-8-3-5-15-6-8;1-2/h2,4,8H,3,5-6H2,1H3,(H,11,12,13,14);1-2H3. The zero-order valence-electron chi connectivity index (χ0n) is 11.0. The summed E-state index contributed by atoms with van der Waals surface area (Å²) in [4.78, 5) is 18.9. The summed E-state index contributed by atoms with van der Waals surface area (Å²) >= 11 is 0. The summed E-state index contributed by atoms with van der Waals surface area (Å²) in [7, 11) is 0. The van der Waals surface area contributed by atoms with Crippen LogP contribution in [0.25, 0.3) is 0 Å². The third kappa shape index (κ3) is 4.67. The van der Waals surface area contributed by atoms with E-state index >= 15 is 0 Å². The SMILES string of the molecule is CC.CC(=O)Nc1ccnc(OC2CCOC2)n1. The highest BCUT2D eigenvalue weighted by atomic mass is 16.6. The van der Waals surface area contributed by atoms with Gasteiger partial charge < -0.3 is 14.8 Å². The number of rotatable bonds is 3. The summed E-state index contributed by atoms with van der Waals surface area (Å²) in [6.07, 6.45) is 2.39. The van der Waals surface area contributed by atoms with Gasteiger partial charge in [-0.1, -0.05) is 13.8 Å². The van der Waals surface area contributed by atoms with Crippen molar-refractivity contribution >= 4 is 11.7 Å². The summed E-state index contributed by atoms with van der Waals surface area (Å²) in [5, 5.41) is 2.57. The molecule has 2 rings (SSSR count). The van der Waals surface area contributed by atoms with Crippen LogP contribution in [0.2, 0.25) is 0 Å². The molecule has 0 aliphatic carbocycles. The number of carbonyl (C=O) groups excluding carboxylic acids is 1. The van der Waals surface area contributed by atoms with E-state index in [4.69, 9.17) is 9.47 Å². The quantitative estimate of drug-likeness (QED) is 0.886. The van der Waals surface area contributed by atoms with Gasteiger partial charge in [-0.05, 0) is 6.07 Å². The molecule has 0 aromatic carbocycles. The summed E-state index contributed by atoms with van der Waals surface area (Å²) in [5.41, 5.74) is 0. The summed E-state index contributed by atoms with van der Waals surface area (Å²) in [5.74, 6) is 0.269. The molecule has 1 aromatic heterocycles. The molecule has 1 aliphatic heterocycles. The number of nitrogens with zero attached hydrogens (tertiary/aromatic N) is 2. The van der Waals surface area contributed by atoms with Crippen LogP contribution in [-0.4, -0.2) is 35.2 Å². The van der Waals surface area contributed by atoms with Crippen molar-refractivity contribution in [2.24, 2.45) is 0 Å². The topological polar surface area (TPSA) is 73.3 Å². The monoisotopic (exact) mass is 253 g/mol. The van der Waals surface area contributed by atoms with Crippen LogP contribution in [0.3, 0.4) is 0 Å². The first-order valence-electron chi connectivity index (χ1n) is 6.09. The Morgan fingerprint density at radius 3 is 2.94 bits per heavy atom. The van der Waals surface area contributed by atoms with Crippen molar-refractivity contribution in [3.05, 3.63) is 12.3 Å². The Morgan fingerprint density at radius 1 is 1.56 bits per heavy atom. The van der Waals surface area contributed by atoms with Gasteiger partial charge in [0, 0.05) is 19.5 Å². The maximum absolute atomic E-state index is 10.8. The molecule has 0 saturated carbocycles. The van der Waals surface area contributed by atoms with Gasteiger partial charge in [0.05, 0.1) is 13.2 Å². The molecule has 1 saturated heterocycles. The number of amides is 1. The van der Waals surface area contributed by atoms with E-state index in [9.17, 15) is 4.79 Å². The summed E-state index contributed by atoms with van der Waals surface area (Å²) in [6.45, 7) is 6.69. The molecule has 1 amide bonds. The maximum Gasteiger partial charge on any atom is 0.318 e. The highest BCUT2D eigenvalue weighted by molar-refractivity contribution is 5.87. The molecule has 100 valence electrons. The van der Waals surface area contributed by atoms with Crippen molar-refractivity contribution in [1.82, 2.24) is 9.97 Å². The zero-order chi connectivity index (χ0) is 13.4. The molecular formula is C12H19N3O3. The lowest BCUT2D eigenvalue weighted by molar-refractivity contribution is -0.114. The molecule has 1 unspecified atom stereocenters. The number of ether oxygens (including phenoxy) is 2.